The summed E-state index contributed by atoms with van der Waals surface area (Å²) in [7, 11) is 0. The maximum Gasteiger partial charge on any atom is 0.337 e. The van der Waals surface area contributed by atoms with Crippen LogP contribution in [0.3, 0.4) is 0 Å². The Morgan fingerprint density at radius 3 is 2.48 bits per heavy atom. The summed E-state index contributed by atoms with van der Waals surface area (Å²) >= 11 is 2.05. The molecule has 2 N–H and O–H groups in total. The molecule has 1 aromatic carbocycles. The second-order valence-electron chi connectivity index (χ2n) is 5.06. The number of halogens is 1. The van der Waals surface area contributed by atoms with Crippen LogP contribution in [0.15, 0.2) is 18.2 Å². The molecule has 0 heterocycles. The van der Waals surface area contributed by atoms with Crippen molar-refractivity contribution in [3.8, 4) is 0 Å². The van der Waals surface area contributed by atoms with E-state index in [0.717, 1.165) is 22.8 Å². The van der Waals surface area contributed by atoms with Crippen molar-refractivity contribution in [1.82, 2.24) is 0 Å². The number of carbonyl (C=O) groups is 2. The Kier molecular flexibility index (Phi) is 8.34. The Bertz CT molecular complexity index is 488. The van der Waals surface area contributed by atoms with Crippen LogP contribution in [0.4, 0.5) is 5.69 Å². The molecule has 0 spiro atoms. The van der Waals surface area contributed by atoms with Crippen molar-refractivity contribution in [3.05, 3.63) is 27.3 Å². The monoisotopic (exact) mass is 403 g/mol. The number of rotatable bonds is 9. The van der Waals surface area contributed by atoms with E-state index in [1.165, 1.54) is 19.3 Å². The van der Waals surface area contributed by atoms with E-state index < -0.39 is 5.97 Å². The number of hydrogen-bond donors (Lipinski definition) is 2. The van der Waals surface area contributed by atoms with Crippen molar-refractivity contribution in [2.24, 2.45) is 0 Å². The minimum Gasteiger partial charge on any atom is -0.478 e. The number of anilines is 1. The van der Waals surface area contributed by atoms with E-state index in [1.807, 2.05) is 0 Å². The van der Waals surface area contributed by atoms with Gasteiger partial charge in [0.05, 0.1) is 11.3 Å². The van der Waals surface area contributed by atoms with E-state index in [1.54, 1.807) is 18.2 Å². The number of aromatic carboxylic acids is 1. The summed E-state index contributed by atoms with van der Waals surface area (Å²) in [4.78, 5) is 23.0. The Balaban J connectivity index is 2.43. The lowest BCUT2D eigenvalue weighted by Gasteiger charge is -2.09. The van der Waals surface area contributed by atoms with Crippen LogP contribution in [-0.4, -0.2) is 17.0 Å². The SMILES string of the molecule is CCCCCCCCC(=O)Nc1ccc(I)cc1C(=O)O. The fourth-order valence-electron chi connectivity index (χ4n) is 2.08. The molecule has 1 amide bonds. The zero-order valence-corrected chi connectivity index (χ0v) is 14.5. The van der Waals surface area contributed by atoms with E-state index in [0.29, 0.717) is 12.1 Å². The standard InChI is InChI=1S/C16H22INO3/c1-2-3-4-5-6-7-8-15(19)18-14-10-9-12(17)11-13(14)16(20)21/h9-11H,2-8H2,1H3,(H,18,19)(H,20,21). The second-order valence-corrected chi connectivity index (χ2v) is 6.31. The van der Waals surface area contributed by atoms with Gasteiger partial charge in [0.25, 0.3) is 0 Å². The van der Waals surface area contributed by atoms with Gasteiger partial charge in [0.15, 0.2) is 0 Å². The molecule has 0 atom stereocenters. The normalized spacial score (nSPS) is 10.4. The molecule has 0 bridgehead atoms. The molecular formula is C16H22INO3. The van der Waals surface area contributed by atoms with Gasteiger partial charge < -0.3 is 10.4 Å². The molecular weight excluding hydrogens is 381 g/mol. The lowest BCUT2D eigenvalue weighted by atomic mass is 10.1. The van der Waals surface area contributed by atoms with Crippen LogP contribution < -0.4 is 5.32 Å². The van der Waals surface area contributed by atoms with Gasteiger partial charge in [-0.3, -0.25) is 4.79 Å². The summed E-state index contributed by atoms with van der Waals surface area (Å²) in [5.41, 5.74) is 0.511. The largest absolute Gasteiger partial charge is 0.478 e. The molecule has 0 aliphatic heterocycles. The van der Waals surface area contributed by atoms with Gasteiger partial charge in [0.2, 0.25) is 5.91 Å². The molecule has 0 fully saturated rings. The number of hydrogen-bond acceptors (Lipinski definition) is 2. The second kappa shape index (κ2) is 9.76. The summed E-state index contributed by atoms with van der Waals surface area (Å²) < 4.78 is 0.832. The molecule has 0 radical (unpaired) electrons. The number of carboxylic acid groups (broad SMARTS) is 1. The van der Waals surface area contributed by atoms with Gasteiger partial charge in [-0.1, -0.05) is 39.0 Å². The van der Waals surface area contributed by atoms with E-state index >= 15 is 0 Å². The van der Waals surface area contributed by atoms with Gasteiger partial charge >= 0.3 is 5.97 Å². The van der Waals surface area contributed by atoms with Crippen LogP contribution >= 0.6 is 22.6 Å². The maximum absolute atomic E-state index is 11.9. The molecule has 1 rings (SSSR count). The maximum atomic E-state index is 11.9. The number of carbonyl (C=O) groups excluding carboxylic acids is 1. The van der Waals surface area contributed by atoms with Crippen LogP contribution in [0.1, 0.15) is 62.2 Å². The molecule has 1 aromatic rings. The van der Waals surface area contributed by atoms with E-state index in [-0.39, 0.29) is 11.5 Å². The molecule has 5 heteroatoms. The first-order valence-electron chi connectivity index (χ1n) is 7.37. The Morgan fingerprint density at radius 1 is 1.14 bits per heavy atom. The Labute approximate surface area is 139 Å². The minimum absolute atomic E-state index is 0.116. The van der Waals surface area contributed by atoms with E-state index in [2.05, 4.69) is 34.8 Å². The van der Waals surface area contributed by atoms with Gasteiger partial charge in [-0.2, -0.15) is 0 Å². The average molecular weight is 403 g/mol. The first-order valence-corrected chi connectivity index (χ1v) is 8.45. The summed E-state index contributed by atoms with van der Waals surface area (Å²) in [5, 5.41) is 11.8. The van der Waals surface area contributed by atoms with Crippen LogP contribution in [0.5, 0.6) is 0 Å². The van der Waals surface area contributed by atoms with E-state index in [9.17, 15) is 9.59 Å². The topological polar surface area (TPSA) is 66.4 Å². The van der Waals surface area contributed by atoms with Crippen LogP contribution in [-0.2, 0) is 4.79 Å². The smallest absolute Gasteiger partial charge is 0.337 e. The van der Waals surface area contributed by atoms with E-state index in [4.69, 9.17) is 5.11 Å². The quantitative estimate of drug-likeness (QED) is 0.465. The first-order chi connectivity index (χ1) is 10.0. The zero-order valence-electron chi connectivity index (χ0n) is 12.3. The number of carboxylic acids is 1. The summed E-state index contributed by atoms with van der Waals surface area (Å²) in [6, 6.07) is 4.99. The summed E-state index contributed by atoms with van der Waals surface area (Å²) in [5.74, 6) is -1.14. The van der Waals surface area contributed by atoms with Crippen molar-refractivity contribution < 1.29 is 14.7 Å². The number of benzene rings is 1. The average Bonchev–Trinajstić information content (AvgIpc) is 2.44. The molecule has 4 nitrogen and oxygen atoms in total. The third kappa shape index (κ3) is 6.93. The molecule has 0 aromatic heterocycles. The lowest BCUT2D eigenvalue weighted by molar-refractivity contribution is -0.116. The summed E-state index contributed by atoms with van der Waals surface area (Å²) in [6.07, 6.45) is 7.18. The summed E-state index contributed by atoms with van der Waals surface area (Å²) in [6.45, 7) is 2.18. The molecule has 116 valence electrons. The molecule has 21 heavy (non-hydrogen) atoms. The number of nitrogens with one attached hydrogen (secondary N) is 1. The highest BCUT2D eigenvalue weighted by Crippen LogP contribution is 2.19. The third-order valence-electron chi connectivity index (χ3n) is 3.24. The molecule has 0 unspecified atom stereocenters. The van der Waals surface area contributed by atoms with Crippen LogP contribution in [0.25, 0.3) is 0 Å². The first kappa shape index (κ1) is 17.9. The molecule has 0 aliphatic carbocycles. The van der Waals surface area contributed by atoms with Crippen molar-refractivity contribution in [2.45, 2.75) is 51.9 Å². The minimum atomic E-state index is -1.02. The number of amides is 1. The fraction of sp³-hybridized carbons (Fsp3) is 0.500. The van der Waals surface area contributed by atoms with Gasteiger partial charge in [-0.05, 0) is 47.2 Å². The van der Waals surface area contributed by atoms with Crippen molar-refractivity contribution >= 4 is 40.2 Å². The predicted octanol–water partition coefficient (Wildman–Crippen LogP) is 4.68. The van der Waals surface area contributed by atoms with Crippen molar-refractivity contribution in [2.75, 3.05) is 5.32 Å². The fourth-order valence-corrected chi connectivity index (χ4v) is 2.57. The highest BCUT2D eigenvalue weighted by atomic mass is 127. The van der Waals surface area contributed by atoms with Gasteiger partial charge in [0.1, 0.15) is 0 Å². The highest BCUT2D eigenvalue weighted by molar-refractivity contribution is 14.1. The predicted molar refractivity (Wildman–Crippen MR) is 92.7 cm³/mol. The van der Waals surface area contributed by atoms with Gasteiger partial charge in [0, 0.05) is 9.99 Å². The molecule has 0 saturated carbocycles. The van der Waals surface area contributed by atoms with Crippen LogP contribution in [0.2, 0.25) is 0 Å². The molecule has 0 aliphatic rings. The highest BCUT2D eigenvalue weighted by Gasteiger charge is 2.12. The third-order valence-corrected chi connectivity index (χ3v) is 3.91. The zero-order chi connectivity index (χ0) is 15.7. The Hall–Kier alpha value is -1.11. The lowest BCUT2D eigenvalue weighted by Crippen LogP contribution is -2.14. The van der Waals surface area contributed by atoms with Crippen LogP contribution in [0, 0.1) is 3.57 Å². The van der Waals surface area contributed by atoms with Crippen molar-refractivity contribution in [1.29, 1.82) is 0 Å². The molecule has 0 saturated heterocycles. The van der Waals surface area contributed by atoms with Crippen molar-refractivity contribution in [3.63, 3.8) is 0 Å². The number of unbranched alkanes of at least 4 members (excludes halogenated alkanes) is 5. The Morgan fingerprint density at radius 2 is 1.81 bits per heavy atom. The van der Waals surface area contributed by atoms with Gasteiger partial charge in [-0.15, -0.1) is 0 Å². The van der Waals surface area contributed by atoms with Gasteiger partial charge in [-0.25, -0.2) is 4.79 Å².